The molecule has 2 aliphatic heterocycles. The average molecular weight is 407 g/mol. The van der Waals surface area contributed by atoms with Crippen LogP contribution in [0.3, 0.4) is 0 Å². The first-order chi connectivity index (χ1) is 14.3. The maximum Gasteiger partial charge on any atom is 0.214 e. The van der Waals surface area contributed by atoms with E-state index in [4.69, 9.17) is 19.3 Å². The lowest BCUT2D eigenvalue weighted by Crippen LogP contribution is -2.33. The number of nitrogens with zero attached hydrogens (tertiary/aromatic N) is 2. The van der Waals surface area contributed by atoms with Gasteiger partial charge in [-0.2, -0.15) is 5.10 Å². The predicted octanol–water partition coefficient (Wildman–Crippen LogP) is 5.40. The van der Waals surface area contributed by atoms with Crippen molar-refractivity contribution in [1.82, 2.24) is 5.01 Å². The largest absolute Gasteiger partial charge is 0.493 e. The number of fused-ring (bicyclic) bond motifs is 3. The molecular formula is C23H22N2O3S. The van der Waals surface area contributed by atoms with E-state index < -0.39 is 0 Å². The summed E-state index contributed by atoms with van der Waals surface area (Å²) in [6, 6.07) is 18.5. The van der Waals surface area contributed by atoms with Crippen molar-refractivity contribution in [2.24, 2.45) is 5.10 Å². The molecule has 0 fully saturated rings. The van der Waals surface area contributed by atoms with Crippen molar-refractivity contribution in [2.75, 3.05) is 13.7 Å². The molecule has 0 amide bonds. The third-order valence-corrected chi connectivity index (χ3v) is 6.20. The Morgan fingerprint density at radius 2 is 2.03 bits per heavy atom. The first-order valence-corrected chi connectivity index (χ1v) is 10.6. The molecule has 0 radical (unpaired) electrons. The lowest BCUT2D eigenvalue weighted by Gasteiger charge is -2.38. The zero-order valence-corrected chi connectivity index (χ0v) is 17.2. The fourth-order valence-corrected chi connectivity index (χ4v) is 4.68. The van der Waals surface area contributed by atoms with Crippen LogP contribution >= 0.6 is 11.3 Å². The Labute approximate surface area is 174 Å². The highest BCUT2D eigenvalue weighted by molar-refractivity contribution is 7.12. The van der Waals surface area contributed by atoms with E-state index in [0.717, 1.165) is 29.2 Å². The van der Waals surface area contributed by atoms with Crippen LogP contribution < -0.4 is 14.2 Å². The average Bonchev–Trinajstić information content (AvgIpc) is 3.44. The maximum atomic E-state index is 6.42. The standard InChI is InChI=1S/C23H22N2O3S/c1-3-27-20-11-10-15(13-21(20)26-2)23-25-18(16-7-4-5-8-19(16)28-23)14-17(24-25)22-9-6-12-29-22/h4-13,18,23H,3,14H2,1-2H3/t18-,23-/m1/s1. The number of thiophene rings is 1. The van der Waals surface area contributed by atoms with Crippen molar-refractivity contribution in [3.05, 3.63) is 76.0 Å². The van der Waals surface area contributed by atoms with E-state index in [1.807, 2.05) is 37.3 Å². The van der Waals surface area contributed by atoms with Crippen LogP contribution in [-0.2, 0) is 0 Å². The van der Waals surface area contributed by atoms with Crippen molar-refractivity contribution >= 4 is 17.0 Å². The molecule has 2 aliphatic rings. The van der Waals surface area contributed by atoms with E-state index in [0.29, 0.717) is 12.4 Å². The Bertz CT molecular complexity index is 1050. The van der Waals surface area contributed by atoms with Crippen LogP contribution in [0.1, 0.15) is 41.6 Å². The van der Waals surface area contributed by atoms with E-state index in [1.165, 1.54) is 10.4 Å². The number of hydrazone groups is 1. The molecule has 6 heteroatoms. The van der Waals surface area contributed by atoms with Crippen LogP contribution in [0.2, 0.25) is 0 Å². The minimum Gasteiger partial charge on any atom is -0.493 e. The summed E-state index contributed by atoms with van der Waals surface area (Å²) in [5.41, 5.74) is 3.27. The van der Waals surface area contributed by atoms with E-state index in [1.54, 1.807) is 18.4 Å². The van der Waals surface area contributed by atoms with Gasteiger partial charge in [0.15, 0.2) is 11.5 Å². The Balaban J connectivity index is 1.57. The van der Waals surface area contributed by atoms with E-state index in [9.17, 15) is 0 Å². The van der Waals surface area contributed by atoms with Gasteiger partial charge < -0.3 is 14.2 Å². The molecule has 3 heterocycles. The summed E-state index contributed by atoms with van der Waals surface area (Å²) >= 11 is 1.72. The summed E-state index contributed by atoms with van der Waals surface area (Å²) in [7, 11) is 1.66. The monoisotopic (exact) mass is 406 g/mol. The summed E-state index contributed by atoms with van der Waals surface area (Å²) in [6.45, 7) is 2.55. The van der Waals surface area contributed by atoms with Gasteiger partial charge >= 0.3 is 0 Å². The Hall–Kier alpha value is -2.99. The number of hydrogen-bond acceptors (Lipinski definition) is 6. The van der Waals surface area contributed by atoms with Crippen molar-refractivity contribution in [2.45, 2.75) is 25.6 Å². The number of para-hydroxylation sites is 1. The summed E-state index contributed by atoms with van der Waals surface area (Å²) in [5.74, 6) is 2.34. The molecule has 3 aromatic rings. The highest BCUT2D eigenvalue weighted by Gasteiger charge is 2.41. The molecule has 0 aliphatic carbocycles. The highest BCUT2D eigenvalue weighted by atomic mass is 32.1. The Kier molecular flexibility index (Phi) is 4.64. The second-order valence-electron chi connectivity index (χ2n) is 6.98. The maximum absolute atomic E-state index is 6.42. The minimum absolute atomic E-state index is 0.152. The molecule has 5 rings (SSSR count). The van der Waals surface area contributed by atoms with Crippen molar-refractivity contribution in [3.8, 4) is 17.2 Å². The van der Waals surface area contributed by atoms with Gasteiger partial charge in [-0.15, -0.1) is 11.3 Å². The summed E-state index contributed by atoms with van der Waals surface area (Å²) in [4.78, 5) is 1.21. The molecule has 5 nitrogen and oxygen atoms in total. The van der Waals surface area contributed by atoms with E-state index >= 15 is 0 Å². The SMILES string of the molecule is CCOc1ccc([C@H]2Oc3ccccc3[C@H]3CC(c4cccs4)=NN32)cc1OC. The normalized spacial score (nSPS) is 19.8. The van der Waals surface area contributed by atoms with Crippen LogP contribution in [0.15, 0.2) is 65.1 Å². The van der Waals surface area contributed by atoms with Crippen LogP contribution in [-0.4, -0.2) is 24.4 Å². The van der Waals surface area contributed by atoms with Gasteiger partial charge in [0.1, 0.15) is 5.75 Å². The highest BCUT2D eigenvalue weighted by Crippen LogP contribution is 2.48. The lowest BCUT2D eigenvalue weighted by molar-refractivity contribution is -0.0191. The lowest BCUT2D eigenvalue weighted by atomic mass is 9.97. The van der Waals surface area contributed by atoms with Gasteiger partial charge in [-0.25, -0.2) is 5.01 Å². The number of benzene rings is 2. The van der Waals surface area contributed by atoms with Crippen LogP contribution in [0.4, 0.5) is 0 Å². The first-order valence-electron chi connectivity index (χ1n) is 9.74. The summed E-state index contributed by atoms with van der Waals surface area (Å²) in [5, 5.41) is 9.17. The minimum atomic E-state index is -0.322. The molecule has 0 saturated heterocycles. The van der Waals surface area contributed by atoms with Crippen molar-refractivity contribution in [1.29, 1.82) is 0 Å². The van der Waals surface area contributed by atoms with Crippen LogP contribution in [0, 0.1) is 0 Å². The zero-order chi connectivity index (χ0) is 19.8. The van der Waals surface area contributed by atoms with Crippen LogP contribution in [0.25, 0.3) is 0 Å². The Morgan fingerprint density at radius 1 is 1.14 bits per heavy atom. The quantitative estimate of drug-likeness (QED) is 0.569. The van der Waals surface area contributed by atoms with Gasteiger partial charge in [0.05, 0.1) is 30.3 Å². The summed E-state index contributed by atoms with van der Waals surface area (Å²) in [6.07, 6.45) is 0.544. The van der Waals surface area contributed by atoms with Crippen molar-refractivity contribution in [3.63, 3.8) is 0 Å². The molecule has 0 unspecified atom stereocenters. The number of hydrogen-bond donors (Lipinski definition) is 0. The smallest absolute Gasteiger partial charge is 0.214 e. The molecule has 148 valence electrons. The second-order valence-corrected chi connectivity index (χ2v) is 7.92. The van der Waals surface area contributed by atoms with Gasteiger partial charge in [0.2, 0.25) is 6.23 Å². The first kappa shape index (κ1) is 18.1. The fraction of sp³-hybridized carbons (Fsp3) is 0.261. The number of ether oxygens (including phenoxy) is 3. The van der Waals surface area contributed by atoms with Gasteiger partial charge in [0, 0.05) is 17.5 Å². The summed E-state index contributed by atoms with van der Waals surface area (Å²) < 4.78 is 17.7. The van der Waals surface area contributed by atoms with Gasteiger partial charge in [0.25, 0.3) is 0 Å². The third kappa shape index (κ3) is 3.13. The topological polar surface area (TPSA) is 43.3 Å². The molecule has 0 saturated carbocycles. The zero-order valence-electron chi connectivity index (χ0n) is 16.4. The molecule has 2 aromatic carbocycles. The number of methoxy groups -OCH3 is 1. The molecule has 1 aromatic heterocycles. The van der Waals surface area contributed by atoms with Gasteiger partial charge in [-0.1, -0.05) is 24.3 Å². The van der Waals surface area contributed by atoms with Crippen LogP contribution in [0.5, 0.6) is 17.2 Å². The predicted molar refractivity (Wildman–Crippen MR) is 114 cm³/mol. The van der Waals surface area contributed by atoms with E-state index in [-0.39, 0.29) is 12.3 Å². The van der Waals surface area contributed by atoms with Gasteiger partial charge in [-0.05, 0) is 42.6 Å². The van der Waals surface area contributed by atoms with E-state index in [2.05, 4.69) is 34.7 Å². The molecule has 2 atom stereocenters. The molecule has 0 bridgehead atoms. The molecule has 29 heavy (non-hydrogen) atoms. The van der Waals surface area contributed by atoms with Crippen molar-refractivity contribution < 1.29 is 14.2 Å². The fourth-order valence-electron chi connectivity index (χ4n) is 3.96. The number of rotatable bonds is 5. The Morgan fingerprint density at radius 3 is 2.83 bits per heavy atom. The molecule has 0 N–H and O–H groups in total. The molecule has 0 spiro atoms. The molecular weight excluding hydrogens is 384 g/mol. The second kappa shape index (κ2) is 7.44. The third-order valence-electron chi connectivity index (χ3n) is 5.28. The van der Waals surface area contributed by atoms with Gasteiger partial charge in [-0.3, -0.25) is 0 Å².